The average Bonchev–Trinajstić information content (AvgIpc) is 2.91. The fraction of sp³-hybridized carbons (Fsp3) is 0.471. The molecule has 0 aliphatic heterocycles. The number of aromatic nitrogens is 2. The summed E-state index contributed by atoms with van der Waals surface area (Å²) in [5.74, 6) is -2.06. The second-order valence-corrected chi connectivity index (χ2v) is 6.53. The Morgan fingerprint density at radius 1 is 1.27 bits per heavy atom. The summed E-state index contributed by atoms with van der Waals surface area (Å²) >= 11 is 0. The third kappa shape index (κ3) is 4.56. The highest BCUT2D eigenvalue weighted by molar-refractivity contribution is 6.06. The van der Waals surface area contributed by atoms with Crippen molar-refractivity contribution in [1.29, 1.82) is 0 Å². The monoisotopic (exact) mass is 362 g/mol. The van der Waals surface area contributed by atoms with Crippen LogP contribution in [0, 0.1) is 19.8 Å². The van der Waals surface area contributed by atoms with Gasteiger partial charge in [0.1, 0.15) is 6.04 Å². The van der Waals surface area contributed by atoms with Gasteiger partial charge in [-0.25, -0.2) is 9.78 Å². The van der Waals surface area contributed by atoms with Gasteiger partial charge >= 0.3 is 5.97 Å². The number of aryl methyl sites for hydroxylation is 2. The van der Waals surface area contributed by atoms with E-state index >= 15 is 0 Å². The molecule has 3 N–H and O–H groups in total. The van der Waals surface area contributed by atoms with Gasteiger partial charge in [0.2, 0.25) is 5.91 Å². The maximum Gasteiger partial charge on any atom is 0.326 e. The molecular weight excluding hydrogens is 340 g/mol. The van der Waals surface area contributed by atoms with E-state index in [4.69, 9.17) is 9.63 Å². The molecule has 0 saturated heterocycles. The van der Waals surface area contributed by atoms with Gasteiger partial charge in [-0.3, -0.25) is 9.59 Å². The molecule has 2 heterocycles. The molecule has 1 atom stereocenters. The number of pyridine rings is 1. The van der Waals surface area contributed by atoms with Crippen LogP contribution in [0.1, 0.15) is 42.0 Å². The smallest absolute Gasteiger partial charge is 0.326 e. The Morgan fingerprint density at radius 3 is 2.58 bits per heavy atom. The third-order valence-corrected chi connectivity index (χ3v) is 3.74. The predicted molar refractivity (Wildman–Crippen MR) is 92.6 cm³/mol. The van der Waals surface area contributed by atoms with Crippen molar-refractivity contribution in [2.24, 2.45) is 5.92 Å². The van der Waals surface area contributed by atoms with Crippen molar-refractivity contribution in [3.05, 3.63) is 23.0 Å². The molecule has 0 unspecified atom stereocenters. The molecule has 0 saturated carbocycles. The van der Waals surface area contributed by atoms with E-state index in [-0.39, 0.29) is 18.2 Å². The topological polar surface area (TPSA) is 134 Å². The number of aliphatic carboxylic acids is 1. The van der Waals surface area contributed by atoms with Crippen molar-refractivity contribution >= 4 is 28.9 Å². The number of fused-ring (bicyclic) bond motifs is 1. The number of rotatable bonds is 7. The highest BCUT2D eigenvalue weighted by atomic mass is 16.5. The summed E-state index contributed by atoms with van der Waals surface area (Å²) in [6.45, 7) is 6.79. The van der Waals surface area contributed by atoms with E-state index in [1.807, 2.05) is 13.8 Å². The van der Waals surface area contributed by atoms with E-state index in [1.54, 1.807) is 19.9 Å². The minimum absolute atomic E-state index is 0.107. The molecule has 9 heteroatoms. The summed E-state index contributed by atoms with van der Waals surface area (Å²) in [5, 5.41) is 18.3. The zero-order chi connectivity index (χ0) is 19.4. The molecule has 140 valence electrons. The lowest BCUT2D eigenvalue weighted by Crippen LogP contribution is -2.46. The van der Waals surface area contributed by atoms with Crippen LogP contribution in [0.4, 0.5) is 0 Å². The van der Waals surface area contributed by atoms with Gasteiger partial charge in [0.05, 0.1) is 23.2 Å². The molecule has 9 nitrogen and oxygen atoms in total. The number of nitrogens with one attached hydrogen (secondary N) is 2. The molecule has 2 aromatic heterocycles. The molecule has 26 heavy (non-hydrogen) atoms. The van der Waals surface area contributed by atoms with Crippen LogP contribution in [-0.4, -0.2) is 45.6 Å². The summed E-state index contributed by atoms with van der Waals surface area (Å²) in [6, 6.07) is 0.591. The average molecular weight is 362 g/mol. The Balaban J connectivity index is 2.06. The van der Waals surface area contributed by atoms with Crippen LogP contribution < -0.4 is 10.6 Å². The number of nitrogens with zero attached hydrogens (tertiary/aromatic N) is 2. The number of carbonyl (C=O) groups excluding carboxylic acids is 2. The normalized spacial score (nSPS) is 12.2. The Kier molecular flexibility index (Phi) is 5.91. The highest BCUT2D eigenvalue weighted by Crippen LogP contribution is 2.21. The first-order chi connectivity index (χ1) is 12.2. The van der Waals surface area contributed by atoms with Gasteiger partial charge in [-0.05, 0) is 32.3 Å². The van der Waals surface area contributed by atoms with Crippen LogP contribution in [0.5, 0.6) is 0 Å². The van der Waals surface area contributed by atoms with E-state index in [0.717, 1.165) is 0 Å². The summed E-state index contributed by atoms with van der Waals surface area (Å²) in [7, 11) is 0. The fourth-order valence-electron chi connectivity index (χ4n) is 2.59. The quantitative estimate of drug-likeness (QED) is 0.673. The molecule has 2 aromatic rings. The van der Waals surface area contributed by atoms with Gasteiger partial charge < -0.3 is 20.3 Å². The minimum atomic E-state index is -1.11. The fourth-order valence-corrected chi connectivity index (χ4v) is 2.59. The molecule has 0 spiro atoms. The SMILES string of the molecule is Cc1cc(C(=O)NCC(=O)N[C@@H](CC(C)C)C(=O)O)c2c(C)noc2n1. The van der Waals surface area contributed by atoms with E-state index in [0.29, 0.717) is 28.8 Å². The predicted octanol–water partition coefficient (Wildman–Crippen LogP) is 1.18. The number of hydrogen-bond acceptors (Lipinski definition) is 6. The maximum atomic E-state index is 12.5. The summed E-state index contributed by atoms with van der Waals surface area (Å²) in [4.78, 5) is 39.8. The van der Waals surface area contributed by atoms with Gasteiger partial charge in [-0.15, -0.1) is 0 Å². The largest absolute Gasteiger partial charge is 0.480 e. The molecular formula is C17H22N4O5. The van der Waals surface area contributed by atoms with Gasteiger partial charge in [0, 0.05) is 5.69 Å². The van der Waals surface area contributed by atoms with Crippen LogP contribution in [0.15, 0.2) is 10.6 Å². The lowest BCUT2D eigenvalue weighted by Gasteiger charge is -2.16. The zero-order valence-corrected chi connectivity index (χ0v) is 15.1. The number of amides is 2. The van der Waals surface area contributed by atoms with Crippen molar-refractivity contribution in [3.63, 3.8) is 0 Å². The molecule has 2 amide bonds. The Labute approximate surface area is 150 Å². The van der Waals surface area contributed by atoms with Crippen molar-refractivity contribution in [1.82, 2.24) is 20.8 Å². The van der Waals surface area contributed by atoms with Crippen LogP contribution in [0.2, 0.25) is 0 Å². The first kappa shape index (κ1) is 19.4. The number of carbonyl (C=O) groups is 3. The lowest BCUT2D eigenvalue weighted by atomic mass is 10.0. The highest BCUT2D eigenvalue weighted by Gasteiger charge is 2.22. The van der Waals surface area contributed by atoms with Crippen molar-refractivity contribution in [2.75, 3.05) is 6.54 Å². The van der Waals surface area contributed by atoms with Crippen LogP contribution in [0.25, 0.3) is 11.1 Å². The second-order valence-electron chi connectivity index (χ2n) is 6.53. The van der Waals surface area contributed by atoms with E-state index < -0.39 is 23.8 Å². The zero-order valence-electron chi connectivity index (χ0n) is 15.1. The van der Waals surface area contributed by atoms with Crippen LogP contribution in [0.3, 0.4) is 0 Å². The molecule has 0 aliphatic rings. The van der Waals surface area contributed by atoms with E-state index in [9.17, 15) is 14.4 Å². The molecule has 0 aliphatic carbocycles. The summed E-state index contributed by atoms with van der Waals surface area (Å²) in [5.41, 5.74) is 1.65. The summed E-state index contributed by atoms with van der Waals surface area (Å²) in [6.07, 6.45) is 0.305. The molecule has 0 bridgehead atoms. The van der Waals surface area contributed by atoms with Gasteiger partial charge in [-0.2, -0.15) is 0 Å². The van der Waals surface area contributed by atoms with Crippen molar-refractivity contribution in [3.8, 4) is 0 Å². The van der Waals surface area contributed by atoms with Gasteiger partial charge in [-0.1, -0.05) is 19.0 Å². The molecule has 2 rings (SSSR count). The van der Waals surface area contributed by atoms with E-state index in [2.05, 4.69) is 20.8 Å². The molecule has 0 radical (unpaired) electrons. The second kappa shape index (κ2) is 7.94. The van der Waals surface area contributed by atoms with Gasteiger partial charge in [0.25, 0.3) is 11.6 Å². The first-order valence-corrected chi connectivity index (χ1v) is 8.23. The third-order valence-electron chi connectivity index (χ3n) is 3.74. The number of carboxylic acid groups (broad SMARTS) is 1. The molecule has 0 fully saturated rings. The minimum Gasteiger partial charge on any atom is -0.480 e. The van der Waals surface area contributed by atoms with Crippen molar-refractivity contribution in [2.45, 2.75) is 40.2 Å². The van der Waals surface area contributed by atoms with Crippen LogP contribution in [-0.2, 0) is 9.59 Å². The van der Waals surface area contributed by atoms with E-state index in [1.165, 1.54) is 0 Å². The number of hydrogen-bond donors (Lipinski definition) is 3. The molecule has 0 aromatic carbocycles. The standard InChI is InChI=1S/C17H22N4O5/c1-8(2)5-12(17(24)25)20-13(22)7-18-15(23)11-6-9(3)19-16-14(11)10(4)21-26-16/h6,8,12H,5,7H2,1-4H3,(H,18,23)(H,20,22)(H,24,25)/t12-/m0/s1. The first-order valence-electron chi connectivity index (χ1n) is 8.23. The van der Waals surface area contributed by atoms with Crippen molar-refractivity contribution < 1.29 is 24.0 Å². The Morgan fingerprint density at radius 2 is 1.96 bits per heavy atom. The Bertz CT molecular complexity index is 843. The number of carboxylic acids is 1. The lowest BCUT2D eigenvalue weighted by molar-refractivity contribution is -0.142. The van der Waals surface area contributed by atoms with Crippen LogP contribution >= 0.6 is 0 Å². The van der Waals surface area contributed by atoms with Gasteiger partial charge in [0.15, 0.2) is 0 Å². The Hall–Kier alpha value is -2.97. The maximum absolute atomic E-state index is 12.5. The summed E-state index contributed by atoms with van der Waals surface area (Å²) < 4.78 is 5.08.